The van der Waals surface area contributed by atoms with Gasteiger partial charge < -0.3 is 4.57 Å². The summed E-state index contributed by atoms with van der Waals surface area (Å²) in [5.41, 5.74) is 0. The lowest BCUT2D eigenvalue weighted by Crippen LogP contribution is -1.98. The van der Waals surface area contributed by atoms with Gasteiger partial charge in [-0.2, -0.15) is 0 Å². The smallest absolute Gasteiger partial charge is 0.272 e. The third-order valence-electron chi connectivity index (χ3n) is 1.15. The summed E-state index contributed by atoms with van der Waals surface area (Å²) in [6, 6.07) is 0. The third kappa shape index (κ3) is 0.988. The molecular formula is C6H7N2O. The summed E-state index contributed by atoms with van der Waals surface area (Å²) >= 11 is 0. The van der Waals surface area contributed by atoms with Gasteiger partial charge in [-0.25, -0.2) is 4.98 Å². The van der Waals surface area contributed by atoms with Crippen LogP contribution >= 0.6 is 0 Å². The molecule has 1 aromatic rings. The molecule has 0 aliphatic rings. The zero-order chi connectivity index (χ0) is 6.69. The van der Waals surface area contributed by atoms with Gasteiger partial charge in [-0.1, -0.05) is 0 Å². The van der Waals surface area contributed by atoms with Gasteiger partial charge >= 0.3 is 0 Å². The average Bonchev–Trinajstić information content (AvgIpc) is 2.33. The Morgan fingerprint density at radius 2 is 2.67 bits per heavy atom. The molecule has 0 amide bonds. The highest BCUT2D eigenvalue weighted by molar-refractivity contribution is 5.69. The molecule has 9 heavy (non-hydrogen) atoms. The molecule has 47 valence electrons. The minimum Gasteiger partial charge on any atom is -0.328 e. The van der Waals surface area contributed by atoms with Crippen LogP contribution < -0.4 is 0 Å². The number of aryl methyl sites for hydroxylation is 1. The molecule has 3 heteroatoms. The van der Waals surface area contributed by atoms with Gasteiger partial charge in [0.1, 0.15) is 0 Å². The first kappa shape index (κ1) is 6.01. The Morgan fingerprint density at radius 1 is 1.89 bits per heavy atom. The van der Waals surface area contributed by atoms with Crippen LogP contribution in [0, 0.1) is 0 Å². The van der Waals surface area contributed by atoms with E-state index in [0.29, 0.717) is 5.82 Å². The van der Waals surface area contributed by atoms with Crippen LogP contribution in [0.4, 0.5) is 0 Å². The molecule has 0 spiro atoms. The second kappa shape index (κ2) is 2.44. The first-order valence-corrected chi connectivity index (χ1v) is 2.77. The molecule has 1 heterocycles. The molecule has 0 aromatic carbocycles. The van der Waals surface area contributed by atoms with Crippen LogP contribution in [0.15, 0.2) is 12.4 Å². The van der Waals surface area contributed by atoms with E-state index in [1.54, 1.807) is 23.2 Å². The number of imidazole rings is 1. The summed E-state index contributed by atoms with van der Waals surface area (Å²) in [7, 11) is 0. The summed E-state index contributed by atoms with van der Waals surface area (Å²) in [5, 5.41) is 0. The highest BCUT2D eigenvalue weighted by atomic mass is 16.1. The van der Waals surface area contributed by atoms with E-state index in [0.717, 1.165) is 6.54 Å². The maximum Gasteiger partial charge on any atom is 0.272 e. The van der Waals surface area contributed by atoms with E-state index in [9.17, 15) is 4.79 Å². The second-order valence-corrected chi connectivity index (χ2v) is 1.64. The number of aromatic nitrogens is 2. The van der Waals surface area contributed by atoms with E-state index in [-0.39, 0.29) is 0 Å². The number of hydrogen-bond acceptors (Lipinski definition) is 2. The number of carbonyl (C=O) groups excluding carboxylic acids is 1. The van der Waals surface area contributed by atoms with Crippen LogP contribution in [0.3, 0.4) is 0 Å². The van der Waals surface area contributed by atoms with Gasteiger partial charge in [-0.3, -0.25) is 4.79 Å². The minimum absolute atomic E-state index is 0.373. The molecule has 1 aromatic heterocycles. The molecular weight excluding hydrogens is 116 g/mol. The topological polar surface area (TPSA) is 34.9 Å². The third-order valence-corrected chi connectivity index (χ3v) is 1.15. The Morgan fingerprint density at radius 3 is 3.11 bits per heavy atom. The zero-order valence-electron chi connectivity index (χ0n) is 5.16. The SMILES string of the molecule is CCn1ccnc1[C]=O. The summed E-state index contributed by atoms with van der Waals surface area (Å²) in [6.45, 7) is 2.72. The summed E-state index contributed by atoms with van der Waals surface area (Å²) in [6.07, 6.45) is 5.07. The zero-order valence-corrected chi connectivity index (χ0v) is 5.16. The maximum atomic E-state index is 10.0. The number of rotatable bonds is 2. The molecule has 1 radical (unpaired) electrons. The minimum atomic E-state index is 0.373. The Bertz CT molecular complexity index is 205. The van der Waals surface area contributed by atoms with E-state index >= 15 is 0 Å². The number of hydrogen-bond donors (Lipinski definition) is 0. The van der Waals surface area contributed by atoms with Gasteiger partial charge in [0.15, 0.2) is 5.82 Å². The van der Waals surface area contributed by atoms with Gasteiger partial charge in [0, 0.05) is 18.9 Å². The average molecular weight is 123 g/mol. The van der Waals surface area contributed by atoms with Gasteiger partial charge in [0.05, 0.1) is 0 Å². The fraction of sp³-hybridized carbons (Fsp3) is 0.333. The highest BCUT2D eigenvalue weighted by Gasteiger charge is 1.96. The molecule has 0 N–H and O–H groups in total. The molecule has 0 saturated carbocycles. The van der Waals surface area contributed by atoms with E-state index in [2.05, 4.69) is 4.98 Å². The largest absolute Gasteiger partial charge is 0.328 e. The lowest BCUT2D eigenvalue weighted by molar-refractivity contribution is 0.556. The molecule has 0 aliphatic heterocycles. The number of nitrogens with zero attached hydrogens (tertiary/aromatic N) is 2. The standard InChI is InChI=1S/C6H7N2O/c1-2-8-4-3-7-6(8)5-9/h3-4H,2H2,1H3. The molecule has 0 saturated heterocycles. The fourth-order valence-electron chi connectivity index (χ4n) is 0.669. The molecule has 0 aliphatic carbocycles. The monoisotopic (exact) mass is 123 g/mol. The van der Waals surface area contributed by atoms with E-state index < -0.39 is 0 Å². The van der Waals surface area contributed by atoms with Crippen LogP contribution in [0.5, 0.6) is 0 Å². The summed E-state index contributed by atoms with van der Waals surface area (Å²) in [5.74, 6) is 0.373. The maximum absolute atomic E-state index is 10.0. The van der Waals surface area contributed by atoms with Crippen molar-refractivity contribution in [2.45, 2.75) is 13.5 Å². The Hall–Kier alpha value is -1.12. The van der Waals surface area contributed by atoms with Gasteiger partial charge in [0.2, 0.25) is 0 Å². The van der Waals surface area contributed by atoms with Crippen molar-refractivity contribution in [3.63, 3.8) is 0 Å². The Balaban J connectivity index is 2.98. The lowest BCUT2D eigenvalue weighted by Gasteiger charge is -1.93. The summed E-state index contributed by atoms with van der Waals surface area (Å²) in [4.78, 5) is 13.8. The molecule has 3 nitrogen and oxygen atoms in total. The van der Waals surface area contributed by atoms with Crippen molar-refractivity contribution in [2.24, 2.45) is 0 Å². The normalized spacial score (nSPS) is 9.44. The predicted molar refractivity (Wildman–Crippen MR) is 32.7 cm³/mol. The first-order valence-electron chi connectivity index (χ1n) is 2.77. The van der Waals surface area contributed by atoms with Crippen LogP contribution in [-0.4, -0.2) is 15.8 Å². The highest BCUT2D eigenvalue weighted by Crippen LogP contribution is 1.91. The van der Waals surface area contributed by atoms with Crippen LogP contribution in [0.1, 0.15) is 12.7 Å². The van der Waals surface area contributed by atoms with Gasteiger partial charge in [0.25, 0.3) is 6.29 Å². The van der Waals surface area contributed by atoms with Crippen LogP contribution in [0.2, 0.25) is 0 Å². The molecule has 1 rings (SSSR count). The van der Waals surface area contributed by atoms with Crippen LogP contribution in [0.25, 0.3) is 0 Å². The molecule has 0 unspecified atom stereocenters. The molecule has 0 fully saturated rings. The first-order chi connectivity index (χ1) is 4.38. The van der Waals surface area contributed by atoms with Gasteiger partial charge in [-0.05, 0) is 6.92 Å². The Kier molecular flexibility index (Phi) is 1.63. The van der Waals surface area contributed by atoms with E-state index in [1.165, 1.54) is 0 Å². The van der Waals surface area contributed by atoms with E-state index in [4.69, 9.17) is 0 Å². The van der Waals surface area contributed by atoms with Crippen molar-refractivity contribution in [3.05, 3.63) is 18.2 Å². The van der Waals surface area contributed by atoms with Crippen molar-refractivity contribution >= 4 is 6.29 Å². The molecule has 0 bridgehead atoms. The quantitative estimate of drug-likeness (QED) is 0.569. The second-order valence-electron chi connectivity index (χ2n) is 1.64. The van der Waals surface area contributed by atoms with Crippen molar-refractivity contribution in [1.29, 1.82) is 0 Å². The van der Waals surface area contributed by atoms with Crippen molar-refractivity contribution < 1.29 is 4.79 Å². The van der Waals surface area contributed by atoms with Crippen molar-refractivity contribution in [2.75, 3.05) is 0 Å². The van der Waals surface area contributed by atoms with Crippen molar-refractivity contribution in [1.82, 2.24) is 9.55 Å². The summed E-state index contributed by atoms with van der Waals surface area (Å²) < 4.78 is 1.73. The van der Waals surface area contributed by atoms with E-state index in [1.807, 2.05) is 6.92 Å². The lowest BCUT2D eigenvalue weighted by atomic mass is 10.6. The Labute approximate surface area is 53.3 Å². The van der Waals surface area contributed by atoms with Gasteiger partial charge in [-0.15, -0.1) is 0 Å². The molecule has 0 atom stereocenters. The predicted octanol–water partition coefficient (Wildman–Crippen LogP) is 0.361. The van der Waals surface area contributed by atoms with Crippen molar-refractivity contribution in [3.8, 4) is 0 Å². The fourth-order valence-corrected chi connectivity index (χ4v) is 0.669. The van der Waals surface area contributed by atoms with Crippen LogP contribution in [-0.2, 0) is 11.3 Å².